The standard InChI is InChI=1S/C14H13N3O2/c1-8-12(18)6-13(19)15-14(8)9-3-4-11-10(5-9)7-17(2)16-11/h3-7H,1-2H3,(H2,15,18,19). The zero-order valence-electron chi connectivity index (χ0n) is 10.6. The van der Waals surface area contributed by atoms with Crippen molar-refractivity contribution < 1.29 is 5.11 Å². The second-order valence-electron chi connectivity index (χ2n) is 4.60. The molecule has 0 amide bonds. The van der Waals surface area contributed by atoms with Crippen LogP contribution in [0.5, 0.6) is 5.75 Å². The normalized spacial score (nSPS) is 11.1. The number of benzene rings is 1. The van der Waals surface area contributed by atoms with Gasteiger partial charge in [0, 0.05) is 30.3 Å². The highest BCUT2D eigenvalue weighted by Gasteiger charge is 2.09. The van der Waals surface area contributed by atoms with Gasteiger partial charge in [-0.1, -0.05) is 6.07 Å². The Morgan fingerprint density at radius 3 is 2.89 bits per heavy atom. The van der Waals surface area contributed by atoms with E-state index in [2.05, 4.69) is 10.1 Å². The van der Waals surface area contributed by atoms with Gasteiger partial charge in [-0.25, -0.2) is 0 Å². The Morgan fingerprint density at radius 2 is 2.11 bits per heavy atom. The number of hydrogen-bond acceptors (Lipinski definition) is 3. The summed E-state index contributed by atoms with van der Waals surface area (Å²) in [5.74, 6) is 0.00466. The molecule has 0 spiro atoms. The molecular formula is C14H13N3O2. The third-order valence-electron chi connectivity index (χ3n) is 3.18. The predicted octanol–water partition coefficient (Wildman–Crippen LogP) is 1.94. The summed E-state index contributed by atoms with van der Waals surface area (Å²) in [4.78, 5) is 14.2. The molecule has 1 aromatic carbocycles. The van der Waals surface area contributed by atoms with Crippen molar-refractivity contribution in [2.45, 2.75) is 6.92 Å². The molecule has 96 valence electrons. The van der Waals surface area contributed by atoms with Crippen LogP contribution in [0.3, 0.4) is 0 Å². The maximum atomic E-state index is 11.5. The smallest absolute Gasteiger partial charge is 0.252 e. The number of aromatic nitrogens is 3. The van der Waals surface area contributed by atoms with E-state index in [0.717, 1.165) is 16.5 Å². The molecule has 0 bridgehead atoms. The summed E-state index contributed by atoms with van der Waals surface area (Å²) in [5.41, 5.74) is 2.72. The van der Waals surface area contributed by atoms with Crippen molar-refractivity contribution in [3.63, 3.8) is 0 Å². The molecule has 0 aliphatic rings. The first-order valence-corrected chi connectivity index (χ1v) is 5.91. The molecule has 0 aliphatic heterocycles. The fraction of sp³-hybridized carbons (Fsp3) is 0.143. The van der Waals surface area contributed by atoms with Gasteiger partial charge >= 0.3 is 0 Å². The second kappa shape index (κ2) is 3.98. The van der Waals surface area contributed by atoms with Crippen LogP contribution in [0.25, 0.3) is 22.2 Å². The highest BCUT2D eigenvalue weighted by molar-refractivity contribution is 5.84. The quantitative estimate of drug-likeness (QED) is 0.698. The van der Waals surface area contributed by atoms with Gasteiger partial charge in [0.1, 0.15) is 5.75 Å². The van der Waals surface area contributed by atoms with Gasteiger partial charge < -0.3 is 10.1 Å². The highest BCUT2D eigenvalue weighted by Crippen LogP contribution is 2.27. The monoisotopic (exact) mass is 255 g/mol. The topological polar surface area (TPSA) is 70.9 Å². The minimum absolute atomic E-state index is 0.00466. The first-order valence-electron chi connectivity index (χ1n) is 5.91. The van der Waals surface area contributed by atoms with E-state index in [4.69, 9.17) is 0 Å². The lowest BCUT2D eigenvalue weighted by molar-refractivity contribution is 0.470. The lowest BCUT2D eigenvalue weighted by atomic mass is 10.0. The first-order chi connectivity index (χ1) is 9.04. The number of nitrogens with one attached hydrogen (secondary N) is 1. The predicted molar refractivity (Wildman–Crippen MR) is 73.2 cm³/mol. The Hall–Kier alpha value is -2.56. The van der Waals surface area contributed by atoms with Crippen LogP contribution in [0.4, 0.5) is 0 Å². The van der Waals surface area contributed by atoms with Crippen LogP contribution in [0.1, 0.15) is 5.56 Å². The van der Waals surface area contributed by atoms with Crippen LogP contribution in [-0.4, -0.2) is 19.9 Å². The van der Waals surface area contributed by atoms with Gasteiger partial charge in [-0.2, -0.15) is 5.10 Å². The maximum Gasteiger partial charge on any atom is 0.252 e. The number of nitrogens with zero attached hydrogens (tertiary/aromatic N) is 2. The van der Waals surface area contributed by atoms with Gasteiger partial charge in [0.2, 0.25) is 0 Å². The van der Waals surface area contributed by atoms with Crippen LogP contribution in [0.15, 0.2) is 35.3 Å². The fourth-order valence-corrected chi connectivity index (χ4v) is 2.21. The van der Waals surface area contributed by atoms with Crippen molar-refractivity contribution in [1.82, 2.24) is 14.8 Å². The molecule has 3 aromatic rings. The number of fused-ring (bicyclic) bond motifs is 1. The van der Waals surface area contributed by atoms with Crippen LogP contribution >= 0.6 is 0 Å². The molecule has 0 saturated heterocycles. The lowest BCUT2D eigenvalue weighted by Crippen LogP contribution is -2.06. The number of aryl methyl sites for hydroxylation is 1. The van der Waals surface area contributed by atoms with Crippen molar-refractivity contribution in [1.29, 1.82) is 0 Å². The molecule has 0 unspecified atom stereocenters. The zero-order chi connectivity index (χ0) is 13.6. The molecule has 0 radical (unpaired) electrons. The molecule has 2 N–H and O–H groups in total. The molecule has 0 atom stereocenters. The summed E-state index contributed by atoms with van der Waals surface area (Å²) in [6.07, 6.45) is 1.91. The average Bonchev–Trinajstić information content (AvgIpc) is 2.72. The highest BCUT2D eigenvalue weighted by atomic mass is 16.3. The Balaban J connectivity index is 2.26. The third-order valence-corrected chi connectivity index (χ3v) is 3.18. The number of hydrogen-bond donors (Lipinski definition) is 2. The number of aromatic hydroxyl groups is 1. The second-order valence-corrected chi connectivity index (χ2v) is 4.60. The summed E-state index contributed by atoms with van der Waals surface area (Å²) in [6.45, 7) is 1.77. The molecule has 3 rings (SSSR count). The van der Waals surface area contributed by atoms with Crippen LogP contribution in [0.2, 0.25) is 0 Å². The van der Waals surface area contributed by atoms with Gasteiger partial charge in [-0.05, 0) is 24.6 Å². The van der Waals surface area contributed by atoms with Crippen molar-refractivity contribution in [3.05, 3.63) is 46.4 Å². The van der Waals surface area contributed by atoms with Gasteiger partial charge in [-0.3, -0.25) is 9.48 Å². The molecule has 19 heavy (non-hydrogen) atoms. The summed E-state index contributed by atoms with van der Waals surface area (Å²) < 4.78 is 1.74. The molecule has 5 nitrogen and oxygen atoms in total. The minimum atomic E-state index is -0.315. The van der Waals surface area contributed by atoms with Gasteiger partial charge in [-0.15, -0.1) is 0 Å². The van der Waals surface area contributed by atoms with E-state index in [-0.39, 0.29) is 11.3 Å². The van der Waals surface area contributed by atoms with Crippen LogP contribution < -0.4 is 5.56 Å². The Labute approximate surface area is 109 Å². The van der Waals surface area contributed by atoms with E-state index in [1.807, 2.05) is 31.4 Å². The first kappa shape index (κ1) is 11.5. The number of rotatable bonds is 1. The largest absolute Gasteiger partial charge is 0.507 e. The lowest BCUT2D eigenvalue weighted by Gasteiger charge is -2.07. The summed E-state index contributed by atoms with van der Waals surface area (Å²) in [7, 11) is 1.86. The number of aromatic amines is 1. The van der Waals surface area contributed by atoms with Crippen molar-refractivity contribution in [3.8, 4) is 17.0 Å². The fourth-order valence-electron chi connectivity index (χ4n) is 2.21. The van der Waals surface area contributed by atoms with Crippen LogP contribution in [0, 0.1) is 6.92 Å². The number of pyridine rings is 1. The molecule has 2 heterocycles. The van der Waals surface area contributed by atoms with Crippen molar-refractivity contribution in [2.75, 3.05) is 0 Å². The van der Waals surface area contributed by atoms with Gasteiger partial charge in [0.25, 0.3) is 5.56 Å². The summed E-state index contributed by atoms with van der Waals surface area (Å²) in [5, 5.41) is 15.0. The molecule has 0 fully saturated rings. The Morgan fingerprint density at radius 1 is 1.32 bits per heavy atom. The Kier molecular flexibility index (Phi) is 2.41. The molecule has 5 heteroatoms. The maximum absolute atomic E-state index is 11.5. The Bertz CT molecular complexity index is 830. The van der Waals surface area contributed by atoms with Crippen molar-refractivity contribution >= 4 is 10.9 Å². The molecular weight excluding hydrogens is 242 g/mol. The van der Waals surface area contributed by atoms with E-state index in [1.54, 1.807) is 11.6 Å². The van der Waals surface area contributed by atoms with E-state index in [9.17, 15) is 9.90 Å². The van der Waals surface area contributed by atoms with Crippen molar-refractivity contribution in [2.24, 2.45) is 7.05 Å². The molecule has 0 saturated carbocycles. The third kappa shape index (κ3) is 1.89. The van der Waals surface area contributed by atoms with E-state index < -0.39 is 0 Å². The van der Waals surface area contributed by atoms with E-state index >= 15 is 0 Å². The van der Waals surface area contributed by atoms with Gasteiger partial charge in [0.15, 0.2) is 0 Å². The molecule has 0 aliphatic carbocycles. The molecule has 2 aromatic heterocycles. The number of H-pyrrole nitrogens is 1. The minimum Gasteiger partial charge on any atom is -0.507 e. The SMILES string of the molecule is Cc1c(O)cc(=O)[nH]c1-c1ccc2nn(C)cc2c1. The van der Waals surface area contributed by atoms with Gasteiger partial charge in [0.05, 0.1) is 11.2 Å². The van der Waals surface area contributed by atoms with Crippen LogP contribution in [-0.2, 0) is 7.05 Å². The van der Waals surface area contributed by atoms with E-state index in [0.29, 0.717) is 11.3 Å². The zero-order valence-corrected chi connectivity index (χ0v) is 10.6. The summed E-state index contributed by atoms with van der Waals surface area (Å²) in [6, 6.07) is 6.90. The average molecular weight is 255 g/mol. The summed E-state index contributed by atoms with van der Waals surface area (Å²) >= 11 is 0. The van der Waals surface area contributed by atoms with E-state index in [1.165, 1.54) is 6.07 Å².